The van der Waals surface area contributed by atoms with Crippen molar-refractivity contribution in [1.29, 1.82) is 0 Å². The Kier molecular flexibility index (Phi) is 4.53. The predicted molar refractivity (Wildman–Crippen MR) is 78.0 cm³/mol. The quantitative estimate of drug-likeness (QED) is 0.917. The highest BCUT2D eigenvalue weighted by Gasteiger charge is 2.18. The van der Waals surface area contributed by atoms with E-state index in [1.54, 1.807) is 11.3 Å². The summed E-state index contributed by atoms with van der Waals surface area (Å²) in [5.41, 5.74) is 5.23. The van der Waals surface area contributed by atoms with Crippen LogP contribution in [0.3, 0.4) is 0 Å². The van der Waals surface area contributed by atoms with E-state index in [-0.39, 0.29) is 6.04 Å². The fourth-order valence-corrected chi connectivity index (χ4v) is 3.06. The maximum absolute atomic E-state index is 4.52. The van der Waals surface area contributed by atoms with Crippen LogP contribution in [-0.4, -0.2) is 21.8 Å². The highest BCUT2D eigenvalue weighted by atomic mass is 79.9. The second-order valence-electron chi connectivity index (χ2n) is 4.12. The fraction of sp³-hybridized carbons (Fsp3) is 0.500. The van der Waals surface area contributed by atoms with Crippen molar-refractivity contribution in [2.45, 2.75) is 32.9 Å². The molecular formula is C12H17BrN4S. The first-order valence-electron chi connectivity index (χ1n) is 5.94. The summed E-state index contributed by atoms with van der Waals surface area (Å²) in [5, 5.41) is 9.94. The van der Waals surface area contributed by atoms with Crippen LogP contribution in [0.15, 0.2) is 15.4 Å². The predicted octanol–water partition coefficient (Wildman–Crippen LogP) is 2.93. The molecule has 0 aromatic carbocycles. The maximum atomic E-state index is 4.52. The van der Waals surface area contributed by atoms with Gasteiger partial charge in [-0.15, -0.1) is 11.3 Å². The summed E-state index contributed by atoms with van der Waals surface area (Å²) in [6.45, 7) is 5.02. The second kappa shape index (κ2) is 5.95. The summed E-state index contributed by atoms with van der Waals surface area (Å²) in [6.07, 6.45) is 0.884. The van der Waals surface area contributed by atoms with Crippen LogP contribution < -0.4 is 5.32 Å². The average molecular weight is 329 g/mol. The Bertz CT molecular complexity index is 506. The van der Waals surface area contributed by atoms with E-state index in [4.69, 9.17) is 0 Å². The van der Waals surface area contributed by atoms with Crippen LogP contribution in [0, 0.1) is 6.92 Å². The van der Waals surface area contributed by atoms with Gasteiger partial charge in [-0.1, -0.05) is 0 Å². The number of nitrogens with one attached hydrogen (secondary N) is 1. The van der Waals surface area contributed by atoms with Gasteiger partial charge in [0.2, 0.25) is 0 Å². The number of thiazole rings is 1. The van der Waals surface area contributed by atoms with E-state index in [1.807, 2.05) is 19.5 Å². The summed E-state index contributed by atoms with van der Waals surface area (Å²) >= 11 is 5.26. The molecule has 1 unspecified atom stereocenters. The number of aromatic nitrogens is 3. The molecule has 6 heteroatoms. The van der Waals surface area contributed by atoms with Crippen molar-refractivity contribution < 1.29 is 0 Å². The molecule has 0 saturated heterocycles. The minimum atomic E-state index is 0.231. The third kappa shape index (κ3) is 2.65. The number of aryl methyl sites for hydroxylation is 2. The van der Waals surface area contributed by atoms with Crippen molar-refractivity contribution >= 4 is 27.3 Å². The first kappa shape index (κ1) is 13.7. The molecule has 1 atom stereocenters. The van der Waals surface area contributed by atoms with Crippen LogP contribution in [0.25, 0.3) is 0 Å². The van der Waals surface area contributed by atoms with E-state index in [2.05, 4.69) is 48.3 Å². The van der Waals surface area contributed by atoms with E-state index in [0.717, 1.165) is 28.8 Å². The first-order valence-corrected chi connectivity index (χ1v) is 7.68. The summed E-state index contributed by atoms with van der Waals surface area (Å²) in [5.74, 6) is 0. The molecule has 4 nitrogen and oxygen atoms in total. The number of halogens is 1. The Morgan fingerprint density at radius 2 is 2.33 bits per heavy atom. The molecule has 2 rings (SSSR count). The molecule has 98 valence electrons. The monoisotopic (exact) mass is 328 g/mol. The van der Waals surface area contributed by atoms with Gasteiger partial charge in [0, 0.05) is 18.3 Å². The van der Waals surface area contributed by atoms with E-state index in [1.165, 1.54) is 5.69 Å². The molecule has 0 amide bonds. The summed E-state index contributed by atoms with van der Waals surface area (Å²) in [6, 6.07) is 0.231. The third-order valence-electron chi connectivity index (χ3n) is 3.01. The SMILES string of the molecule is CCn1nc(C)c(Br)c1CC(NC)c1cscn1. The molecule has 0 bridgehead atoms. The lowest BCUT2D eigenvalue weighted by Crippen LogP contribution is -2.21. The lowest BCUT2D eigenvalue weighted by atomic mass is 10.1. The molecule has 2 heterocycles. The third-order valence-corrected chi connectivity index (χ3v) is 4.64. The van der Waals surface area contributed by atoms with Crippen LogP contribution in [-0.2, 0) is 13.0 Å². The van der Waals surface area contributed by atoms with Gasteiger partial charge in [0.15, 0.2) is 0 Å². The largest absolute Gasteiger partial charge is 0.311 e. The molecule has 0 aliphatic heterocycles. The van der Waals surface area contributed by atoms with Crippen molar-refractivity contribution in [3.63, 3.8) is 0 Å². The van der Waals surface area contributed by atoms with Crippen LogP contribution >= 0.6 is 27.3 Å². The number of likely N-dealkylation sites (N-methyl/N-ethyl adjacent to an activating group) is 1. The van der Waals surface area contributed by atoms with E-state index >= 15 is 0 Å². The molecule has 0 fully saturated rings. The van der Waals surface area contributed by atoms with Gasteiger partial charge in [0.05, 0.1) is 33.1 Å². The van der Waals surface area contributed by atoms with Gasteiger partial charge >= 0.3 is 0 Å². The van der Waals surface area contributed by atoms with Crippen molar-refractivity contribution in [2.24, 2.45) is 0 Å². The van der Waals surface area contributed by atoms with Gasteiger partial charge in [-0.05, 0) is 36.8 Å². The van der Waals surface area contributed by atoms with Crippen molar-refractivity contribution in [2.75, 3.05) is 7.05 Å². The Hall–Kier alpha value is -0.720. The molecule has 0 radical (unpaired) electrons. The number of hydrogen-bond donors (Lipinski definition) is 1. The fourth-order valence-electron chi connectivity index (χ4n) is 2.01. The normalized spacial score (nSPS) is 12.9. The molecule has 0 spiro atoms. The zero-order valence-electron chi connectivity index (χ0n) is 10.8. The molecule has 0 aliphatic rings. The Morgan fingerprint density at radius 3 is 2.89 bits per heavy atom. The molecule has 2 aromatic heterocycles. The molecule has 1 N–H and O–H groups in total. The highest BCUT2D eigenvalue weighted by molar-refractivity contribution is 9.10. The molecule has 0 saturated carbocycles. The van der Waals surface area contributed by atoms with Crippen LogP contribution in [0.1, 0.15) is 30.0 Å². The van der Waals surface area contributed by atoms with Crippen molar-refractivity contribution in [1.82, 2.24) is 20.1 Å². The molecule has 0 aliphatic carbocycles. The van der Waals surface area contributed by atoms with Crippen molar-refractivity contribution in [3.05, 3.63) is 32.4 Å². The molecular weight excluding hydrogens is 312 g/mol. The first-order chi connectivity index (χ1) is 8.67. The van der Waals surface area contributed by atoms with Gasteiger partial charge in [0.25, 0.3) is 0 Å². The summed E-state index contributed by atoms with van der Waals surface area (Å²) in [4.78, 5) is 4.39. The van der Waals surface area contributed by atoms with Gasteiger partial charge in [-0.2, -0.15) is 5.10 Å². The number of rotatable bonds is 5. The Labute approximate surface area is 120 Å². The van der Waals surface area contributed by atoms with Gasteiger partial charge in [0.1, 0.15) is 0 Å². The van der Waals surface area contributed by atoms with Gasteiger partial charge in [-0.3, -0.25) is 4.68 Å². The van der Waals surface area contributed by atoms with Crippen LogP contribution in [0.5, 0.6) is 0 Å². The molecule has 2 aromatic rings. The summed E-state index contributed by atoms with van der Waals surface area (Å²) < 4.78 is 3.16. The minimum absolute atomic E-state index is 0.231. The van der Waals surface area contributed by atoms with E-state index < -0.39 is 0 Å². The second-order valence-corrected chi connectivity index (χ2v) is 5.63. The maximum Gasteiger partial charge on any atom is 0.0795 e. The highest BCUT2D eigenvalue weighted by Crippen LogP contribution is 2.26. The van der Waals surface area contributed by atoms with Gasteiger partial charge < -0.3 is 5.32 Å². The van der Waals surface area contributed by atoms with Crippen molar-refractivity contribution in [3.8, 4) is 0 Å². The lowest BCUT2D eigenvalue weighted by Gasteiger charge is -2.15. The Balaban J connectivity index is 2.27. The average Bonchev–Trinajstić information content (AvgIpc) is 2.98. The smallest absolute Gasteiger partial charge is 0.0795 e. The standard InChI is InChI=1S/C12H17BrN4S/c1-4-17-11(12(13)8(2)16-17)5-9(14-3)10-6-18-7-15-10/h6-7,9,14H,4-5H2,1-3H3. The van der Waals surface area contributed by atoms with E-state index in [9.17, 15) is 0 Å². The zero-order chi connectivity index (χ0) is 13.1. The lowest BCUT2D eigenvalue weighted by molar-refractivity contribution is 0.532. The van der Waals surface area contributed by atoms with Crippen LogP contribution in [0.2, 0.25) is 0 Å². The zero-order valence-corrected chi connectivity index (χ0v) is 13.2. The minimum Gasteiger partial charge on any atom is -0.311 e. The number of nitrogens with zero attached hydrogens (tertiary/aromatic N) is 3. The summed E-state index contributed by atoms with van der Waals surface area (Å²) in [7, 11) is 1.97. The van der Waals surface area contributed by atoms with Gasteiger partial charge in [-0.25, -0.2) is 4.98 Å². The van der Waals surface area contributed by atoms with Crippen LogP contribution in [0.4, 0.5) is 0 Å². The Morgan fingerprint density at radius 1 is 1.56 bits per heavy atom. The van der Waals surface area contributed by atoms with E-state index in [0.29, 0.717) is 0 Å². The molecule has 18 heavy (non-hydrogen) atoms. The topological polar surface area (TPSA) is 42.7 Å². The number of hydrogen-bond acceptors (Lipinski definition) is 4.